The zero-order chi connectivity index (χ0) is 10.6. The summed E-state index contributed by atoms with van der Waals surface area (Å²) in [5.74, 6) is 1.88. The van der Waals surface area contributed by atoms with Gasteiger partial charge in [0.05, 0.1) is 0 Å². The minimum absolute atomic E-state index is 0.471. The molecule has 0 aliphatic carbocycles. The van der Waals surface area contributed by atoms with Crippen LogP contribution in [0.2, 0.25) is 0 Å². The van der Waals surface area contributed by atoms with Crippen LogP contribution in [0, 0.1) is 0 Å². The smallest absolute Gasteiger partial charge is 0.218 e. The van der Waals surface area contributed by atoms with Crippen LogP contribution < -0.4 is 5.73 Å². The first-order valence-electron chi connectivity index (χ1n) is 5.35. The van der Waals surface area contributed by atoms with Gasteiger partial charge in [0.15, 0.2) is 5.82 Å². The number of aryl methyl sites for hydroxylation is 1. The molecule has 1 heterocycles. The van der Waals surface area contributed by atoms with Crippen LogP contribution in [-0.4, -0.2) is 14.8 Å². The Morgan fingerprint density at radius 2 is 2.14 bits per heavy atom. The van der Waals surface area contributed by atoms with Gasteiger partial charge in [0.2, 0.25) is 5.95 Å². The molecule has 1 aromatic rings. The lowest BCUT2D eigenvalue weighted by Gasteiger charge is -2.09. The Balaban J connectivity index is 2.68. The molecule has 0 bridgehead atoms. The van der Waals surface area contributed by atoms with Crippen molar-refractivity contribution < 1.29 is 0 Å². The van der Waals surface area contributed by atoms with Crippen LogP contribution in [0.15, 0.2) is 0 Å². The van der Waals surface area contributed by atoms with E-state index in [-0.39, 0.29) is 0 Å². The first kappa shape index (κ1) is 11.0. The van der Waals surface area contributed by atoms with Gasteiger partial charge in [-0.2, -0.15) is 10.1 Å². The monoisotopic (exact) mass is 196 g/mol. The molecule has 14 heavy (non-hydrogen) atoms. The molecule has 4 heteroatoms. The molecule has 0 spiro atoms. The second kappa shape index (κ2) is 4.98. The fourth-order valence-corrected chi connectivity index (χ4v) is 1.56. The topological polar surface area (TPSA) is 56.7 Å². The summed E-state index contributed by atoms with van der Waals surface area (Å²) >= 11 is 0. The van der Waals surface area contributed by atoms with E-state index >= 15 is 0 Å². The normalized spacial score (nSPS) is 13.1. The maximum absolute atomic E-state index is 5.65. The maximum Gasteiger partial charge on any atom is 0.218 e. The Hall–Kier alpha value is -1.06. The summed E-state index contributed by atoms with van der Waals surface area (Å²) in [6.07, 6.45) is 4.70. The van der Waals surface area contributed by atoms with Crippen LogP contribution in [0.5, 0.6) is 0 Å². The molecule has 1 rings (SSSR count). The second-order valence-corrected chi connectivity index (χ2v) is 3.70. The van der Waals surface area contributed by atoms with Crippen molar-refractivity contribution in [3.63, 3.8) is 0 Å². The molecule has 0 saturated carbocycles. The van der Waals surface area contributed by atoms with Crippen molar-refractivity contribution >= 4 is 5.95 Å². The third kappa shape index (κ3) is 2.47. The first-order chi connectivity index (χ1) is 6.69. The van der Waals surface area contributed by atoms with Crippen LogP contribution >= 0.6 is 0 Å². The molecule has 0 aliphatic rings. The molecular formula is C10H20N4. The molecule has 4 nitrogen and oxygen atoms in total. The third-order valence-electron chi connectivity index (χ3n) is 2.58. The van der Waals surface area contributed by atoms with Gasteiger partial charge in [0.25, 0.3) is 0 Å². The number of unbranched alkanes of at least 4 members (excludes halogenated alkanes) is 1. The zero-order valence-corrected chi connectivity index (χ0v) is 9.32. The SMILES string of the molecule is CCCCC(CC)c1nc(N)n(C)n1. The Labute approximate surface area is 85.5 Å². The van der Waals surface area contributed by atoms with Crippen LogP contribution in [0.25, 0.3) is 0 Å². The predicted octanol–water partition coefficient (Wildman–Crippen LogP) is 2.08. The van der Waals surface area contributed by atoms with Gasteiger partial charge in [-0.1, -0.05) is 26.7 Å². The summed E-state index contributed by atoms with van der Waals surface area (Å²) in [5.41, 5.74) is 5.65. The van der Waals surface area contributed by atoms with E-state index in [9.17, 15) is 0 Å². The molecule has 0 aromatic carbocycles. The highest BCUT2D eigenvalue weighted by molar-refractivity contribution is 5.16. The molecular weight excluding hydrogens is 176 g/mol. The number of hydrogen-bond acceptors (Lipinski definition) is 3. The van der Waals surface area contributed by atoms with E-state index in [1.54, 1.807) is 4.68 Å². The number of nitrogens with zero attached hydrogens (tertiary/aromatic N) is 3. The highest BCUT2D eigenvalue weighted by atomic mass is 15.4. The lowest BCUT2D eigenvalue weighted by atomic mass is 9.99. The van der Waals surface area contributed by atoms with Gasteiger partial charge >= 0.3 is 0 Å². The number of hydrogen-bond donors (Lipinski definition) is 1. The minimum Gasteiger partial charge on any atom is -0.368 e. The van der Waals surface area contributed by atoms with E-state index in [1.165, 1.54) is 12.8 Å². The van der Waals surface area contributed by atoms with E-state index in [2.05, 4.69) is 23.9 Å². The summed E-state index contributed by atoms with van der Waals surface area (Å²) in [5, 5.41) is 4.31. The van der Waals surface area contributed by atoms with Crippen molar-refractivity contribution in [1.29, 1.82) is 0 Å². The lowest BCUT2D eigenvalue weighted by molar-refractivity contribution is 0.539. The van der Waals surface area contributed by atoms with Crippen molar-refractivity contribution in [2.45, 2.75) is 45.4 Å². The van der Waals surface area contributed by atoms with Crippen molar-refractivity contribution in [1.82, 2.24) is 14.8 Å². The van der Waals surface area contributed by atoms with E-state index in [0.717, 1.165) is 18.7 Å². The van der Waals surface area contributed by atoms with Crippen LogP contribution in [-0.2, 0) is 7.05 Å². The Morgan fingerprint density at radius 1 is 1.43 bits per heavy atom. The molecule has 2 N–H and O–H groups in total. The summed E-state index contributed by atoms with van der Waals surface area (Å²) in [6, 6.07) is 0. The van der Waals surface area contributed by atoms with Gasteiger partial charge in [-0.25, -0.2) is 4.68 Å². The van der Waals surface area contributed by atoms with Crippen molar-refractivity contribution in [3.05, 3.63) is 5.82 Å². The largest absolute Gasteiger partial charge is 0.368 e. The summed E-state index contributed by atoms with van der Waals surface area (Å²) < 4.78 is 1.64. The van der Waals surface area contributed by atoms with E-state index < -0.39 is 0 Å². The molecule has 1 aromatic heterocycles. The van der Waals surface area contributed by atoms with Crippen molar-refractivity contribution in [3.8, 4) is 0 Å². The molecule has 1 unspecified atom stereocenters. The Bertz CT molecular complexity index is 260. The van der Waals surface area contributed by atoms with Gasteiger partial charge in [0.1, 0.15) is 0 Å². The highest BCUT2D eigenvalue weighted by Crippen LogP contribution is 2.22. The highest BCUT2D eigenvalue weighted by Gasteiger charge is 2.14. The standard InChI is InChI=1S/C10H20N4/c1-4-6-7-8(5-2)9-12-10(11)14(3)13-9/h8H,4-7H2,1-3H3,(H2,11,12,13). The molecule has 0 saturated heterocycles. The van der Waals surface area contributed by atoms with Gasteiger partial charge in [0, 0.05) is 13.0 Å². The van der Waals surface area contributed by atoms with Gasteiger partial charge in [-0.3, -0.25) is 0 Å². The van der Waals surface area contributed by atoms with Crippen LogP contribution in [0.3, 0.4) is 0 Å². The van der Waals surface area contributed by atoms with E-state index in [1.807, 2.05) is 7.05 Å². The Kier molecular flexibility index (Phi) is 3.92. The van der Waals surface area contributed by atoms with Crippen molar-refractivity contribution in [2.75, 3.05) is 5.73 Å². The van der Waals surface area contributed by atoms with Crippen molar-refractivity contribution in [2.24, 2.45) is 7.05 Å². The number of nitrogens with two attached hydrogens (primary N) is 1. The van der Waals surface area contributed by atoms with E-state index in [0.29, 0.717) is 11.9 Å². The molecule has 80 valence electrons. The average molecular weight is 196 g/mol. The van der Waals surface area contributed by atoms with Gasteiger partial charge < -0.3 is 5.73 Å². The van der Waals surface area contributed by atoms with Crippen LogP contribution in [0.1, 0.15) is 51.3 Å². The number of rotatable bonds is 5. The van der Waals surface area contributed by atoms with Gasteiger partial charge in [-0.15, -0.1) is 0 Å². The zero-order valence-electron chi connectivity index (χ0n) is 9.32. The summed E-state index contributed by atoms with van der Waals surface area (Å²) in [4.78, 5) is 4.26. The lowest BCUT2D eigenvalue weighted by Crippen LogP contribution is -2.01. The average Bonchev–Trinajstić information content (AvgIpc) is 2.48. The molecule has 0 amide bonds. The molecule has 0 radical (unpaired) electrons. The molecule has 0 aliphatic heterocycles. The maximum atomic E-state index is 5.65. The number of anilines is 1. The number of nitrogen functional groups attached to an aromatic ring is 1. The van der Waals surface area contributed by atoms with E-state index in [4.69, 9.17) is 5.73 Å². The first-order valence-corrected chi connectivity index (χ1v) is 5.35. The Morgan fingerprint density at radius 3 is 2.57 bits per heavy atom. The minimum atomic E-state index is 0.471. The van der Waals surface area contributed by atoms with Gasteiger partial charge in [-0.05, 0) is 12.8 Å². The summed E-state index contributed by atoms with van der Waals surface area (Å²) in [7, 11) is 1.83. The third-order valence-corrected chi connectivity index (χ3v) is 2.58. The molecule has 1 atom stereocenters. The summed E-state index contributed by atoms with van der Waals surface area (Å²) in [6.45, 7) is 4.37. The molecule has 0 fully saturated rings. The predicted molar refractivity (Wildman–Crippen MR) is 58.0 cm³/mol. The second-order valence-electron chi connectivity index (χ2n) is 3.70. The quantitative estimate of drug-likeness (QED) is 0.784. The van der Waals surface area contributed by atoms with Crippen LogP contribution in [0.4, 0.5) is 5.95 Å². The number of aromatic nitrogens is 3. The fraction of sp³-hybridized carbons (Fsp3) is 0.800. The fourth-order valence-electron chi connectivity index (χ4n) is 1.56.